The summed E-state index contributed by atoms with van der Waals surface area (Å²) < 4.78 is 4.66. The molecule has 0 saturated heterocycles. The van der Waals surface area contributed by atoms with Gasteiger partial charge in [-0.15, -0.1) is 0 Å². The maximum atomic E-state index is 11.3. The molecule has 0 aromatic carbocycles. The Balaban J connectivity index is 4.16. The van der Waals surface area contributed by atoms with Gasteiger partial charge < -0.3 is 15.2 Å². The standard InChI is InChI=1S/C12H23NO4/c1-4-6-9(7-11(14)15)8-13-10(5-2)12(16)17-3/h9-10,13H,4-8H2,1-3H3,(H,14,15)/t9-,10+/m1/s1. The lowest BCUT2D eigenvalue weighted by Crippen LogP contribution is -2.40. The van der Waals surface area contributed by atoms with Crippen molar-refractivity contribution in [2.75, 3.05) is 13.7 Å². The summed E-state index contributed by atoms with van der Waals surface area (Å²) in [7, 11) is 1.35. The Morgan fingerprint density at radius 1 is 1.35 bits per heavy atom. The van der Waals surface area contributed by atoms with Crippen LogP contribution < -0.4 is 5.32 Å². The predicted octanol–water partition coefficient (Wildman–Crippen LogP) is 1.42. The lowest BCUT2D eigenvalue weighted by molar-refractivity contribution is -0.143. The summed E-state index contributed by atoms with van der Waals surface area (Å²) in [5.74, 6) is -1.02. The van der Waals surface area contributed by atoms with Crippen LogP contribution in [0.1, 0.15) is 39.5 Å². The number of hydrogen-bond donors (Lipinski definition) is 2. The number of methoxy groups -OCH3 is 1. The highest BCUT2D eigenvalue weighted by atomic mass is 16.5. The van der Waals surface area contributed by atoms with Gasteiger partial charge in [0.1, 0.15) is 6.04 Å². The SMILES string of the molecule is CCC[C@@H](CN[C@@H](CC)C(=O)OC)CC(=O)O. The molecule has 0 spiro atoms. The number of carboxylic acids is 1. The molecule has 0 rings (SSSR count). The first kappa shape index (κ1) is 15.9. The van der Waals surface area contributed by atoms with Gasteiger partial charge in [0.15, 0.2) is 0 Å². The van der Waals surface area contributed by atoms with E-state index in [-0.39, 0.29) is 24.3 Å². The molecule has 2 N–H and O–H groups in total. The fraction of sp³-hybridized carbons (Fsp3) is 0.833. The van der Waals surface area contributed by atoms with Crippen molar-refractivity contribution in [3.05, 3.63) is 0 Å². The molecular formula is C12H23NO4. The molecule has 0 aromatic rings. The lowest BCUT2D eigenvalue weighted by atomic mass is 9.99. The van der Waals surface area contributed by atoms with Gasteiger partial charge >= 0.3 is 11.9 Å². The maximum Gasteiger partial charge on any atom is 0.322 e. The lowest BCUT2D eigenvalue weighted by Gasteiger charge is -2.19. The average molecular weight is 245 g/mol. The zero-order valence-corrected chi connectivity index (χ0v) is 10.9. The summed E-state index contributed by atoms with van der Waals surface area (Å²) in [5.41, 5.74) is 0. The second-order valence-corrected chi connectivity index (χ2v) is 4.14. The molecule has 5 nitrogen and oxygen atoms in total. The van der Waals surface area contributed by atoms with Gasteiger partial charge in [-0.05, 0) is 25.3 Å². The number of rotatable bonds is 9. The minimum Gasteiger partial charge on any atom is -0.481 e. The van der Waals surface area contributed by atoms with Crippen LogP contribution in [0.2, 0.25) is 0 Å². The van der Waals surface area contributed by atoms with Crippen molar-refractivity contribution in [3.63, 3.8) is 0 Å². The molecule has 0 radical (unpaired) electrons. The summed E-state index contributed by atoms with van der Waals surface area (Å²) in [6.45, 7) is 4.45. The van der Waals surface area contributed by atoms with Crippen molar-refractivity contribution in [2.24, 2.45) is 5.92 Å². The smallest absolute Gasteiger partial charge is 0.322 e. The number of esters is 1. The molecule has 5 heteroatoms. The van der Waals surface area contributed by atoms with Crippen molar-refractivity contribution in [2.45, 2.75) is 45.6 Å². The number of ether oxygens (including phenoxy) is 1. The highest BCUT2D eigenvalue weighted by Gasteiger charge is 2.19. The molecule has 0 amide bonds. The van der Waals surface area contributed by atoms with Gasteiger partial charge in [-0.2, -0.15) is 0 Å². The van der Waals surface area contributed by atoms with Crippen LogP contribution in [0.15, 0.2) is 0 Å². The molecule has 17 heavy (non-hydrogen) atoms. The molecule has 0 bridgehead atoms. The van der Waals surface area contributed by atoms with E-state index >= 15 is 0 Å². The molecular weight excluding hydrogens is 222 g/mol. The number of aliphatic carboxylic acids is 1. The fourth-order valence-electron chi connectivity index (χ4n) is 1.78. The second-order valence-electron chi connectivity index (χ2n) is 4.14. The minimum atomic E-state index is -0.795. The third kappa shape index (κ3) is 6.94. The van der Waals surface area contributed by atoms with Crippen LogP contribution >= 0.6 is 0 Å². The zero-order chi connectivity index (χ0) is 13.3. The molecule has 0 fully saturated rings. The van der Waals surface area contributed by atoms with Gasteiger partial charge in [0.05, 0.1) is 7.11 Å². The van der Waals surface area contributed by atoms with Gasteiger partial charge in [0, 0.05) is 6.42 Å². The van der Waals surface area contributed by atoms with E-state index in [9.17, 15) is 9.59 Å². The summed E-state index contributed by atoms with van der Waals surface area (Å²) in [6.07, 6.45) is 2.56. The maximum absolute atomic E-state index is 11.3. The van der Waals surface area contributed by atoms with E-state index in [1.165, 1.54) is 7.11 Å². The monoisotopic (exact) mass is 245 g/mol. The van der Waals surface area contributed by atoms with Crippen LogP contribution in [0.4, 0.5) is 0 Å². The van der Waals surface area contributed by atoms with E-state index in [2.05, 4.69) is 10.1 Å². The zero-order valence-electron chi connectivity index (χ0n) is 10.9. The largest absolute Gasteiger partial charge is 0.481 e. The number of hydrogen-bond acceptors (Lipinski definition) is 4. The molecule has 0 aliphatic rings. The Morgan fingerprint density at radius 2 is 2.00 bits per heavy atom. The summed E-state index contributed by atoms with van der Waals surface area (Å²) >= 11 is 0. The Labute approximate surface area is 103 Å². The Hall–Kier alpha value is -1.10. The predicted molar refractivity (Wildman–Crippen MR) is 64.7 cm³/mol. The van der Waals surface area contributed by atoms with E-state index in [0.29, 0.717) is 13.0 Å². The average Bonchev–Trinajstić information content (AvgIpc) is 2.28. The first-order valence-electron chi connectivity index (χ1n) is 6.08. The summed E-state index contributed by atoms with van der Waals surface area (Å²) in [4.78, 5) is 22.0. The highest BCUT2D eigenvalue weighted by molar-refractivity contribution is 5.75. The highest BCUT2D eigenvalue weighted by Crippen LogP contribution is 2.10. The molecule has 0 unspecified atom stereocenters. The quantitative estimate of drug-likeness (QED) is 0.601. The number of carbonyl (C=O) groups is 2. The van der Waals surface area contributed by atoms with Crippen LogP contribution in [0, 0.1) is 5.92 Å². The summed E-state index contributed by atoms with van der Waals surface area (Å²) in [5, 5.41) is 11.8. The fourth-order valence-corrected chi connectivity index (χ4v) is 1.78. The Kier molecular flexibility index (Phi) is 8.40. The van der Waals surface area contributed by atoms with E-state index < -0.39 is 5.97 Å². The van der Waals surface area contributed by atoms with E-state index in [4.69, 9.17) is 5.11 Å². The van der Waals surface area contributed by atoms with Gasteiger partial charge in [0.2, 0.25) is 0 Å². The Bertz CT molecular complexity index is 243. The number of nitrogens with one attached hydrogen (secondary N) is 1. The molecule has 0 aliphatic heterocycles. The summed E-state index contributed by atoms with van der Waals surface area (Å²) in [6, 6.07) is -0.340. The number of carbonyl (C=O) groups excluding carboxylic acids is 1. The van der Waals surface area contributed by atoms with Crippen LogP contribution in [0.5, 0.6) is 0 Å². The molecule has 0 aliphatic carbocycles. The third-order valence-electron chi connectivity index (χ3n) is 2.71. The molecule has 0 heterocycles. The molecule has 2 atom stereocenters. The van der Waals surface area contributed by atoms with Crippen LogP contribution in [0.25, 0.3) is 0 Å². The Morgan fingerprint density at radius 3 is 2.41 bits per heavy atom. The van der Waals surface area contributed by atoms with Gasteiger partial charge in [-0.1, -0.05) is 20.3 Å². The molecule has 100 valence electrons. The van der Waals surface area contributed by atoms with Crippen LogP contribution in [0.3, 0.4) is 0 Å². The van der Waals surface area contributed by atoms with Gasteiger partial charge in [0.25, 0.3) is 0 Å². The third-order valence-corrected chi connectivity index (χ3v) is 2.71. The second kappa shape index (κ2) is 8.98. The molecule has 0 saturated carbocycles. The topological polar surface area (TPSA) is 75.6 Å². The normalized spacial score (nSPS) is 14.1. The number of carboxylic acid groups (broad SMARTS) is 1. The minimum absolute atomic E-state index is 0.0659. The van der Waals surface area contributed by atoms with Crippen molar-refractivity contribution < 1.29 is 19.4 Å². The molecule has 0 aromatic heterocycles. The van der Waals surface area contributed by atoms with E-state index in [1.54, 1.807) is 0 Å². The van der Waals surface area contributed by atoms with Crippen molar-refractivity contribution >= 4 is 11.9 Å². The van der Waals surface area contributed by atoms with E-state index in [1.807, 2.05) is 13.8 Å². The van der Waals surface area contributed by atoms with Crippen molar-refractivity contribution in [3.8, 4) is 0 Å². The first-order valence-corrected chi connectivity index (χ1v) is 6.08. The van der Waals surface area contributed by atoms with Crippen LogP contribution in [-0.4, -0.2) is 36.7 Å². The first-order chi connectivity index (χ1) is 8.04. The van der Waals surface area contributed by atoms with E-state index in [0.717, 1.165) is 12.8 Å². The van der Waals surface area contributed by atoms with Crippen molar-refractivity contribution in [1.29, 1.82) is 0 Å². The van der Waals surface area contributed by atoms with Crippen LogP contribution in [-0.2, 0) is 14.3 Å². The van der Waals surface area contributed by atoms with Gasteiger partial charge in [-0.3, -0.25) is 9.59 Å². The van der Waals surface area contributed by atoms with Gasteiger partial charge in [-0.25, -0.2) is 0 Å². The van der Waals surface area contributed by atoms with Crippen molar-refractivity contribution in [1.82, 2.24) is 5.32 Å².